The van der Waals surface area contributed by atoms with Crippen LogP contribution in [0, 0.1) is 5.41 Å². The molecule has 0 saturated carbocycles. The molecule has 1 atom stereocenters. The Bertz CT molecular complexity index is 847. The van der Waals surface area contributed by atoms with E-state index >= 15 is 0 Å². The van der Waals surface area contributed by atoms with E-state index in [0.29, 0.717) is 37.8 Å². The van der Waals surface area contributed by atoms with Crippen molar-refractivity contribution in [3.8, 4) is 5.75 Å². The summed E-state index contributed by atoms with van der Waals surface area (Å²) in [6.45, 7) is 2.54. The van der Waals surface area contributed by atoms with Crippen molar-refractivity contribution in [3.05, 3.63) is 48.7 Å². The fourth-order valence-corrected chi connectivity index (χ4v) is 4.58. The van der Waals surface area contributed by atoms with Gasteiger partial charge in [0.2, 0.25) is 5.91 Å². The van der Waals surface area contributed by atoms with E-state index in [1.807, 2.05) is 40.1 Å². The number of hydrogen-bond donors (Lipinski definition) is 0. The fourth-order valence-electron chi connectivity index (χ4n) is 4.58. The Morgan fingerprint density at radius 3 is 2.53 bits per heavy atom. The molecule has 8 heteroatoms. The highest BCUT2D eigenvalue weighted by molar-refractivity contribution is 5.78. The van der Waals surface area contributed by atoms with Crippen molar-refractivity contribution < 1.29 is 23.5 Å². The first-order chi connectivity index (χ1) is 14.6. The Morgan fingerprint density at radius 1 is 1.13 bits per heavy atom. The topological polar surface area (TPSA) is 85.1 Å². The molecule has 2 saturated heterocycles. The molecule has 3 heterocycles. The first-order valence-electron chi connectivity index (χ1n) is 10.2. The molecule has 0 bridgehead atoms. The second-order valence-corrected chi connectivity index (χ2v) is 7.98. The number of methoxy groups -OCH3 is 1. The van der Waals surface area contributed by atoms with Crippen molar-refractivity contribution >= 4 is 11.8 Å². The van der Waals surface area contributed by atoms with Crippen molar-refractivity contribution in [1.82, 2.24) is 14.8 Å². The average molecular weight is 413 g/mol. The molecule has 2 aliphatic rings. The summed E-state index contributed by atoms with van der Waals surface area (Å²) in [5.41, 5.74) is -0.147. The van der Waals surface area contributed by atoms with Crippen LogP contribution < -0.4 is 4.74 Å². The van der Waals surface area contributed by atoms with Gasteiger partial charge in [0, 0.05) is 38.7 Å². The molecule has 1 aromatic heterocycles. The van der Waals surface area contributed by atoms with Gasteiger partial charge in [-0.15, -0.1) is 0 Å². The van der Waals surface area contributed by atoms with Gasteiger partial charge in [0.25, 0.3) is 5.91 Å². The van der Waals surface area contributed by atoms with Gasteiger partial charge in [-0.1, -0.05) is 18.2 Å². The zero-order valence-electron chi connectivity index (χ0n) is 17.2. The number of ether oxygens (including phenoxy) is 2. The molecule has 2 aliphatic heterocycles. The molecule has 0 aliphatic carbocycles. The minimum Gasteiger partial charge on any atom is -0.484 e. The number of likely N-dealkylation sites (tertiary alicyclic amines) is 2. The Kier molecular flexibility index (Phi) is 6.03. The van der Waals surface area contributed by atoms with Crippen molar-refractivity contribution in [2.75, 3.05) is 46.5 Å². The maximum Gasteiger partial charge on any atom is 0.260 e. The van der Waals surface area contributed by atoms with E-state index in [2.05, 4.69) is 4.98 Å². The van der Waals surface area contributed by atoms with Crippen LogP contribution in [0.15, 0.2) is 47.2 Å². The molecule has 2 amide bonds. The van der Waals surface area contributed by atoms with E-state index in [4.69, 9.17) is 13.9 Å². The van der Waals surface area contributed by atoms with Crippen LogP contribution in [-0.2, 0) is 14.3 Å². The van der Waals surface area contributed by atoms with Gasteiger partial charge in [-0.2, -0.15) is 0 Å². The monoisotopic (exact) mass is 413 g/mol. The van der Waals surface area contributed by atoms with E-state index in [1.165, 1.54) is 7.11 Å². The van der Waals surface area contributed by atoms with Crippen molar-refractivity contribution in [1.29, 1.82) is 0 Å². The second-order valence-electron chi connectivity index (χ2n) is 7.98. The maximum atomic E-state index is 12.6. The van der Waals surface area contributed by atoms with Crippen LogP contribution in [0.3, 0.4) is 0 Å². The van der Waals surface area contributed by atoms with Crippen molar-refractivity contribution in [2.24, 2.45) is 5.41 Å². The van der Waals surface area contributed by atoms with E-state index in [-0.39, 0.29) is 36.4 Å². The number of amides is 2. The van der Waals surface area contributed by atoms with Crippen LogP contribution >= 0.6 is 0 Å². The molecule has 1 unspecified atom stereocenters. The number of hydrogen-bond acceptors (Lipinski definition) is 6. The lowest BCUT2D eigenvalue weighted by molar-refractivity contribution is -0.137. The maximum absolute atomic E-state index is 12.6. The summed E-state index contributed by atoms with van der Waals surface area (Å²) < 4.78 is 16.3. The van der Waals surface area contributed by atoms with Gasteiger partial charge in [-0.05, 0) is 25.0 Å². The first-order valence-corrected chi connectivity index (χ1v) is 10.2. The fraction of sp³-hybridized carbons (Fsp3) is 0.500. The number of nitrogens with zero attached hydrogens (tertiary/aromatic N) is 3. The van der Waals surface area contributed by atoms with Gasteiger partial charge in [0.15, 0.2) is 12.5 Å². The predicted molar refractivity (Wildman–Crippen MR) is 108 cm³/mol. The minimum absolute atomic E-state index is 0.0196. The second kappa shape index (κ2) is 8.87. The highest BCUT2D eigenvalue weighted by Gasteiger charge is 2.52. The Labute approximate surface area is 175 Å². The lowest BCUT2D eigenvalue weighted by atomic mass is 9.70. The zero-order valence-corrected chi connectivity index (χ0v) is 17.2. The summed E-state index contributed by atoms with van der Waals surface area (Å²) in [4.78, 5) is 33.1. The highest BCUT2D eigenvalue weighted by atomic mass is 16.5. The van der Waals surface area contributed by atoms with E-state index in [0.717, 1.165) is 12.8 Å². The van der Waals surface area contributed by atoms with E-state index < -0.39 is 0 Å². The van der Waals surface area contributed by atoms with E-state index in [9.17, 15) is 9.59 Å². The van der Waals surface area contributed by atoms with Crippen LogP contribution in [0.1, 0.15) is 24.7 Å². The summed E-state index contributed by atoms with van der Waals surface area (Å²) in [6, 6.07) is 9.34. The van der Waals surface area contributed by atoms with E-state index in [1.54, 1.807) is 12.5 Å². The quantitative estimate of drug-likeness (QED) is 0.720. The third-order valence-electron chi connectivity index (χ3n) is 6.24. The Hall–Kier alpha value is -2.87. The number of para-hydroxylation sites is 1. The standard InChI is InChI=1S/C22H27N3O5/c1-28-14-19(26)25-13-18(21-23-9-12-29-21)22(16-25)7-10-24(11-8-22)20(27)15-30-17-5-3-2-4-6-17/h2-6,9,12,18H,7-8,10-11,13-16H2,1H3. The summed E-state index contributed by atoms with van der Waals surface area (Å²) in [6.07, 6.45) is 4.78. The molecule has 30 heavy (non-hydrogen) atoms. The molecule has 1 aromatic carbocycles. The Morgan fingerprint density at radius 2 is 1.87 bits per heavy atom. The summed E-state index contributed by atoms with van der Waals surface area (Å²) in [5, 5.41) is 0. The number of benzene rings is 1. The smallest absolute Gasteiger partial charge is 0.260 e. The normalized spacial score (nSPS) is 20.5. The zero-order chi connectivity index (χ0) is 21.0. The van der Waals surface area contributed by atoms with Crippen LogP contribution in [0.25, 0.3) is 0 Å². The summed E-state index contributed by atoms with van der Waals surface area (Å²) in [7, 11) is 1.52. The number of carbonyl (C=O) groups is 2. The number of rotatable bonds is 6. The minimum atomic E-state index is -0.147. The van der Waals surface area contributed by atoms with Crippen molar-refractivity contribution in [2.45, 2.75) is 18.8 Å². The summed E-state index contributed by atoms with van der Waals surface area (Å²) in [5.74, 6) is 1.32. The third-order valence-corrected chi connectivity index (χ3v) is 6.24. The molecule has 4 rings (SSSR count). The van der Waals surface area contributed by atoms with Gasteiger partial charge < -0.3 is 23.7 Å². The lowest BCUT2D eigenvalue weighted by Gasteiger charge is -2.41. The first kappa shape index (κ1) is 20.4. The Balaban J connectivity index is 1.40. The summed E-state index contributed by atoms with van der Waals surface area (Å²) >= 11 is 0. The molecule has 2 aromatic rings. The highest BCUT2D eigenvalue weighted by Crippen LogP contribution is 2.49. The number of oxazole rings is 1. The van der Waals surface area contributed by atoms with Crippen LogP contribution in [0.2, 0.25) is 0 Å². The third kappa shape index (κ3) is 4.18. The molecule has 160 valence electrons. The molecule has 0 radical (unpaired) electrons. The number of carbonyl (C=O) groups excluding carboxylic acids is 2. The lowest BCUT2D eigenvalue weighted by Crippen LogP contribution is -2.47. The van der Waals surface area contributed by atoms with Gasteiger partial charge in [-0.25, -0.2) is 4.98 Å². The predicted octanol–water partition coefficient (Wildman–Crippen LogP) is 1.93. The van der Waals surface area contributed by atoms with Crippen LogP contribution in [0.5, 0.6) is 5.75 Å². The molecule has 0 N–H and O–H groups in total. The van der Waals surface area contributed by atoms with Gasteiger partial charge in [0.1, 0.15) is 18.6 Å². The molecular weight excluding hydrogens is 386 g/mol. The SMILES string of the molecule is COCC(=O)N1CC(c2ncco2)C2(CCN(C(=O)COc3ccccc3)CC2)C1. The number of piperidine rings is 1. The van der Waals surface area contributed by atoms with Crippen LogP contribution in [0.4, 0.5) is 0 Å². The van der Waals surface area contributed by atoms with Gasteiger partial charge in [-0.3, -0.25) is 9.59 Å². The van der Waals surface area contributed by atoms with Crippen molar-refractivity contribution in [3.63, 3.8) is 0 Å². The van der Waals surface area contributed by atoms with Gasteiger partial charge >= 0.3 is 0 Å². The van der Waals surface area contributed by atoms with Gasteiger partial charge in [0.05, 0.1) is 12.1 Å². The van der Waals surface area contributed by atoms with Crippen LogP contribution in [-0.4, -0.2) is 73.1 Å². The molecule has 1 spiro atoms. The molecule has 2 fully saturated rings. The molecule has 8 nitrogen and oxygen atoms in total. The number of aromatic nitrogens is 1. The largest absolute Gasteiger partial charge is 0.484 e. The molecular formula is C22H27N3O5. The average Bonchev–Trinajstić information content (AvgIpc) is 3.42.